The summed E-state index contributed by atoms with van der Waals surface area (Å²) in [6, 6.07) is 0. The lowest BCUT2D eigenvalue weighted by atomic mass is 10.2. The van der Waals surface area contributed by atoms with Crippen molar-refractivity contribution < 1.29 is 9.53 Å². The number of hydrogen-bond donors (Lipinski definition) is 1. The maximum atomic E-state index is 11.4. The van der Waals surface area contributed by atoms with Gasteiger partial charge in [0.2, 0.25) is 5.95 Å². The van der Waals surface area contributed by atoms with Crippen molar-refractivity contribution in [1.29, 1.82) is 0 Å². The summed E-state index contributed by atoms with van der Waals surface area (Å²) < 4.78 is 4.85. The van der Waals surface area contributed by atoms with Crippen molar-refractivity contribution in [2.24, 2.45) is 0 Å². The van der Waals surface area contributed by atoms with Gasteiger partial charge in [0, 0.05) is 18.8 Å². The van der Waals surface area contributed by atoms with Gasteiger partial charge in [0.25, 0.3) is 0 Å². The number of aryl methyl sites for hydroxylation is 1. The van der Waals surface area contributed by atoms with Crippen LogP contribution in [0.2, 0.25) is 0 Å². The number of aromatic nitrogens is 2. The van der Waals surface area contributed by atoms with Crippen LogP contribution in [0.25, 0.3) is 0 Å². The molecule has 1 N–H and O–H groups in total. The molecule has 0 aliphatic carbocycles. The number of esters is 1. The highest BCUT2D eigenvalue weighted by Gasteiger charge is 2.12. The summed E-state index contributed by atoms with van der Waals surface area (Å²) in [5.74, 6) is 0.00236. The SMILES string of the molecule is CCOC(=O)c1nc(NC)ncc1C. The predicted octanol–water partition coefficient (Wildman–Crippen LogP) is 1.00. The lowest BCUT2D eigenvalue weighted by molar-refractivity contribution is 0.0518. The number of nitrogens with zero attached hydrogens (tertiary/aromatic N) is 2. The van der Waals surface area contributed by atoms with Gasteiger partial charge >= 0.3 is 5.97 Å². The van der Waals surface area contributed by atoms with E-state index in [1.165, 1.54) is 0 Å². The van der Waals surface area contributed by atoms with E-state index in [0.29, 0.717) is 23.8 Å². The van der Waals surface area contributed by atoms with Gasteiger partial charge < -0.3 is 10.1 Å². The lowest BCUT2D eigenvalue weighted by Gasteiger charge is -2.05. The third-order valence-electron chi connectivity index (χ3n) is 1.66. The van der Waals surface area contributed by atoms with E-state index in [1.807, 2.05) is 0 Å². The van der Waals surface area contributed by atoms with Gasteiger partial charge in [-0.3, -0.25) is 0 Å². The monoisotopic (exact) mass is 195 g/mol. The molecule has 0 bridgehead atoms. The Morgan fingerprint density at radius 3 is 2.93 bits per heavy atom. The van der Waals surface area contributed by atoms with Crippen LogP contribution in [0.1, 0.15) is 23.0 Å². The minimum Gasteiger partial charge on any atom is -0.461 e. The Balaban J connectivity index is 2.99. The summed E-state index contributed by atoms with van der Waals surface area (Å²) in [6.07, 6.45) is 1.59. The molecule has 5 nitrogen and oxygen atoms in total. The molecule has 0 radical (unpaired) electrons. The fraction of sp³-hybridized carbons (Fsp3) is 0.444. The second kappa shape index (κ2) is 4.55. The Morgan fingerprint density at radius 2 is 2.36 bits per heavy atom. The maximum Gasteiger partial charge on any atom is 0.357 e. The molecule has 0 atom stereocenters. The molecular formula is C9H13N3O2. The molecule has 76 valence electrons. The fourth-order valence-corrected chi connectivity index (χ4v) is 0.969. The Labute approximate surface area is 82.5 Å². The van der Waals surface area contributed by atoms with Gasteiger partial charge in [0.15, 0.2) is 5.69 Å². The standard InChI is InChI=1S/C9H13N3O2/c1-4-14-8(13)7-6(2)5-11-9(10-3)12-7/h5H,4H2,1-3H3,(H,10,11,12). The average Bonchev–Trinajstić information content (AvgIpc) is 2.19. The predicted molar refractivity (Wildman–Crippen MR) is 52.3 cm³/mol. The topological polar surface area (TPSA) is 64.1 Å². The number of rotatable bonds is 3. The average molecular weight is 195 g/mol. The zero-order valence-corrected chi connectivity index (χ0v) is 8.50. The molecule has 5 heteroatoms. The van der Waals surface area contributed by atoms with Crippen LogP contribution in [-0.4, -0.2) is 29.6 Å². The van der Waals surface area contributed by atoms with Crippen molar-refractivity contribution in [3.63, 3.8) is 0 Å². The van der Waals surface area contributed by atoms with E-state index in [4.69, 9.17) is 4.74 Å². The molecule has 0 spiro atoms. The number of nitrogens with one attached hydrogen (secondary N) is 1. The highest BCUT2D eigenvalue weighted by molar-refractivity contribution is 5.88. The van der Waals surface area contributed by atoms with E-state index in [1.54, 1.807) is 27.1 Å². The van der Waals surface area contributed by atoms with Crippen LogP contribution in [0.15, 0.2) is 6.20 Å². The van der Waals surface area contributed by atoms with E-state index >= 15 is 0 Å². The van der Waals surface area contributed by atoms with Crippen LogP contribution in [0, 0.1) is 6.92 Å². The smallest absolute Gasteiger partial charge is 0.357 e. The highest BCUT2D eigenvalue weighted by atomic mass is 16.5. The molecule has 0 fully saturated rings. The van der Waals surface area contributed by atoms with Crippen molar-refractivity contribution >= 4 is 11.9 Å². The molecule has 0 aliphatic rings. The van der Waals surface area contributed by atoms with Crippen LogP contribution in [-0.2, 0) is 4.74 Å². The Kier molecular flexibility index (Phi) is 3.39. The van der Waals surface area contributed by atoms with E-state index in [9.17, 15) is 4.79 Å². The molecule has 0 aliphatic heterocycles. The maximum absolute atomic E-state index is 11.4. The summed E-state index contributed by atoms with van der Waals surface area (Å²) in [7, 11) is 1.69. The van der Waals surface area contributed by atoms with Crippen molar-refractivity contribution in [3.8, 4) is 0 Å². The number of ether oxygens (including phenoxy) is 1. The Hall–Kier alpha value is -1.65. The molecule has 1 aromatic heterocycles. The highest BCUT2D eigenvalue weighted by Crippen LogP contribution is 2.07. The van der Waals surface area contributed by atoms with E-state index in [-0.39, 0.29) is 0 Å². The van der Waals surface area contributed by atoms with Crippen LogP contribution < -0.4 is 5.32 Å². The molecule has 0 saturated heterocycles. The number of carbonyl (C=O) groups excluding carboxylic acids is 1. The van der Waals surface area contributed by atoms with E-state index < -0.39 is 5.97 Å². The molecule has 14 heavy (non-hydrogen) atoms. The molecular weight excluding hydrogens is 182 g/mol. The molecule has 0 unspecified atom stereocenters. The summed E-state index contributed by atoms with van der Waals surface area (Å²) >= 11 is 0. The van der Waals surface area contributed by atoms with Crippen LogP contribution in [0.5, 0.6) is 0 Å². The normalized spacial score (nSPS) is 9.64. The van der Waals surface area contributed by atoms with Gasteiger partial charge in [-0.15, -0.1) is 0 Å². The third-order valence-corrected chi connectivity index (χ3v) is 1.66. The van der Waals surface area contributed by atoms with Gasteiger partial charge in [-0.25, -0.2) is 14.8 Å². The van der Waals surface area contributed by atoms with Crippen molar-refractivity contribution in [3.05, 3.63) is 17.5 Å². The summed E-state index contributed by atoms with van der Waals surface area (Å²) in [5, 5.41) is 2.76. The van der Waals surface area contributed by atoms with Crippen molar-refractivity contribution in [2.45, 2.75) is 13.8 Å². The number of hydrogen-bond acceptors (Lipinski definition) is 5. The quantitative estimate of drug-likeness (QED) is 0.729. The molecule has 0 amide bonds. The fourth-order valence-electron chi connectivity index (χ4n) is 0.969. The van der Waals surface area contributed by atoms with Gasteiger partial charge in [-0.05, 0) is 13.8 Å². The minimum atomic E-state index is -0.413. The van der Waals surface area contributed by atoms with Crippen molar-refractivity contribution in [1.82, 2.24) is 9.97 Å². The molecule has 1 aromatic rings. The zero-order valence-electron chi connectivity index (χ0n) is 8.50. The van der Waals surface area contributed by atoms with E-state index in [2.05, 4.69) is 15.3 Å². The van der Waals surface area contributed by atoms with Crippen LogP contribution >= 0.6 is 0 Å². The van der Waals surface area contributed by atoms with Gasteiger partial charge in [0.05, 0.1) is 6.61 Å². The summed E-state index contributed by atoms with van der Waals surface area (Å²) in [5.41, 5.74) is 1.02. The summed E-state index contributed by atoms with van der Waals surface area (Å²) in [4.78, 5) is 19.4. The summed E-state index contributed by atoms with van der Waals surface area (Å²) in [6.45, 7) is 3.87. The first-order valence-electron chi connectivity index (χ1n) is 4.37. The first kappa shape index (κ1) is 10.4. The third kappa shape index (κ3) is 2.18. The van der Waals surface area contributed by atoms with Gasteiger partial charge in [-0.1, -0.05) is 0 Å². The van der Waals surface area contributed by atoms with Crippen LogP contribution in [0.3, 0.4) is 0 Å². The van der Waals surface area contributed by atoms with Crippen molar-refractivity contribution in [2.75, 3.05) is 19.0 Å². The lowest BCUT2D eigenvalue weighted by Crippen LogP contribution is -2.11. The van der Waals surface area contributed by atoms with E-state index in [0.717, 1.165) is 0 Å². The Bertz CT molecular complexity index is 339. The molecule has 1 rings (SSSR count). The van der Waals surface area contributed by atoms with Gasteiger partial charge in [0.1, 0.15) is 0 Å². The first-order valence-corrected chi connectivity index (χ1v) is 4.37. The first-order chi connectivity index (χ1) is 6.69. The van der Waals surface area contributed by atoms with Crippen LogP contribution in [0.4, 0.5) is 5.95 Å². The minimum absolute atomic E-state index is 0.311. The second-order valence-corrected chi connectivity index (χ2v) is 2.70. The number of carbonyl (C=O) groups is 1. The molecule has 0 aromatic carbocycles. The largest absolute Gasteiger partial charge is 0.461 e. The number of anilines is 1. The second-order valence-electron chi connectivity index (χ2n) is 2.70. The van der Waals surface area contributed by atoms with Gasteiger partial charge in [-0.2, -0.15) is 0 Å². The molecule has 0 saturated carbocycles. The Morgan fingerprint density at radius 1 is 1.64 bits per heavy atom. The zero-order chi connectivity index (χ0) is 10.6. The molecule has 1 heterocycles.